The van der Waals surface area contributed by atoms with Gasteiger partial charge in [-0.15, -0.1) is 0 Å². The summed E-state index contributed by atoms with van der Waals surface area (Å²) in [4.78, 5) is 0. The highest BCUT2D eigenvalue weighted by molar-refractivity contribution is 6.58. The normalized spacial score (nSPS) is 10.2. The molecule has 0 saturated carbocycles. The van der Waals surface area contributed by atoms with Crippen molar-refractivity contribution in [3.8, 4) is 11.5 Å². The lowest BCUT2D eigenvalue weighted by Crippen LogP contribution is -2.32. The summed E-state index contributed by atoms with van der Waals surface area (Å²) in [5.41, 5.74) is -0.249. The van der Waals surface area contributed by atoms with Crippen LogP contribution in [-0.2, 0) is 0 Å². The van der Waals surface area contributed by atoms with Gasteiger partial charge in [-0.25, -0.2) is 8.78 Å². The maximum atomic E-state index is 13.4. The first-order valence-electron chi connectivity index (χ1n) is 5.15. The zero-order valence-corrected chi connectivity index (χ0v) is 9.18. The van der Waals surface area contributed by atoms with Crippen LogP contribution in [0, 0.1) is 11.6 Å². The van der Waals surface area contributed by atoms with E-state index < -0.39 is 18.8 Å². The summed E-state index contributed by atoms with van der Waals surface area (Å²) < 4.78 is 31.5. The van der Waals surface area contributed by atoms with Crippen molar-refractivity contribution in [2.75, 3.05) is 0 Å². The Morgan fingerprint density at radius 2 is 1.67 bits per heavy atom. The van der Waals surface area contributed by atoms with Gasteiger partial charge in [-0.1, -0.05) is 12.1 Å². The quantitative estimate of drug-likeness (QED) is 0.810. The summed E-state index contributed by atoms with van der Waals surface area (Å²) in [5.74, 6) is -0.900. The smallest absolute Gasteiger partial charge is 0.457 e. The number of ether oxygens (including phenoxy) is 1. The summed E-state index contributed by atoms with van der Waals surface area (Å²) in [5, 5.41) is 17.7. The van der Waals surface area contributed by atoms with Crippen LogP contribution in [0.25, 0.3) is 0 Å². The minimum Gasteiger partial charge on any atom is -0.457 e. The molecule has 0 spiro atoms. The van der Waals surface area contributed by atoms with E-state index in [0.717, 1.165) is 12.1 Å². The highest BCUT2D eigenvalue weighted by Crippen LogP contribution is 2.21. The first-order chi connectivity index (χ1) is 8.56. The number of benzene rings is 2. The molecular weight excluding hydrogens is 241 g/mol. The van der Waals surface area contributed by atoms with E-state index in [9.17, 15) is 8.78 Å². The van der Waals surface area contributed by atoms with Crippen LogP contribution in [0.1, 0.15) is 0 Å². The molecule has 6 heteroatoms. The van der Waals surface area contributed by atoms with Crippen molar-refractivity contribution in [3.63, 3.8) is 0 Å². The number of hydrogen-bond acceptors (Lipinski definition) is 3. The van der Waals surface area contributed by atoms with Gasteiger partial charge in [0.15, 0.2) is 0 Å². The predicted molar refractivity (Wildman–Crippen MR) is 62.7 cm³/mol. The molecule has 0 radical (unpaired) electrons. The Bertz CT molecular complexity index is 561. The molecule has 0 aliphatic carbocycles. The van der Waals surface area contributed by atoms with E-state index in [1.807, 2.05) is 0 Å². The van der Waals surface area contributed by atoms with E-state index in [-0.39, 0.29) is 17.0 Å². The van der Waals surface area contributed by atoms with Gasteiger partial charge in [0.1, 0.15) is 23.1 Å². The van der Waals surface area contributed by atoms with Gasteiger partial charge in [-0.2, -0.15) is 0 Å². The maximum Gasteiger partial charge on any atom is 0.491 e. The molecule has 2 N–H and O–H groups in total. The van der Waals surface area contributed by atoms with Gasteiger partial charge in [-0.3, -0.25) is 0 Å². The Balaban J connectivity index is 2.23. The molecule has 0 amide bonds. The van der Waals surface area contributed by atoms with E-state index in [2.05, 4.69) is 0 Å². The first-order valence-corrected chi connectivity index (χ1v) is 5.15. The molecule has 0 aliphatic rings. The van der Waals surface area contributed by atoms with E-state index in [1.165, 1.54) is 30.3 Å². The Kier molecular flexibility index (Phi) is 3.59. The summed E-state index contributed by atoms with van der Waals surface area (Å²) in [6.45, 7) is 0. The topological polar surface area (TPSA) is 49.7 Å². The van der Waals surface area contributed by atoms with Crippen molar-refractivity contribution in [3.05, 3.63) is 54.1 Å². The van der Waals surface area contributed by atoms with Crippen LogP contribution in [0.15, 0.2) is 42.5 Å². The van der Waals surface area contributed by atoms with E-state index >= 15 is 0 Å². The second kappa shape index (κ2) is 5.16. The van der Waals surface area contributed by atoms with Crippen molar-refractivity contribution < 1.29 is 23.6 Å². The Morgan fingerprint density at radius 1 is 0.944 bits per heavy atom. The maximum absolute atomic E-state index is 13.4. The van der Waals surface area contributed by atoms with Crippen molar-refractivity contribution in [2.24, 2.45) is 0 Å². The van der Waals surface area contributed by atoms with Gasteiger partial charge in [-0.05, 0) is 18.2 Å². The molecule has 18 heavy (non-hydrogen) atoms. The standard InChI is InChI=1S/C12H9BF2O3/c14-8-2-1-3-9(6-8)18-10-4-5-11(13(16)17)12(15)7-10/h1-7,16-17H. The average molecular weight is 250 g/mol. The summed E-state index contributed by atoms with van der Waals surface area (Å²) in [6.07, 6.45) is 0. The zero-order chi connectivity index (χ0) is 13.1. The van der Waals surface area contributed by atoms with Crippen LogP contribution in [0.3, 0.4) is 0 Å². The van der Waals surface area contributed by atoms with Gasteiger partial charge in [0.25, 0.3) is 0 Å². The molecular formula is C12H9BF2O3. The summed E-state index contributed by atoms with van der Waals surface area (Å²) >= 11 is 0. The van der Waals surface area contributed by atoms with Crippen molar-refractivity contribution in [2.45, 2.75) is 0 Å². The van der Waals surface area contributed by atoms with Gasteiger partial charge in [0.05, 0.1) is 0 Å². The SMILES string of the molecule is OB(O)c1ccc(Oc2cccc(F)c2)cc1F. The lowest BCUT2D eigenvalue weighted by atomic mass is 9.80. The highest BCUT2D eigenvalue weighted by atomic mass is 19.1. The molecule has 0 bridgehead atoms. The summed E-state index contributed by atoms with van der Waals surface area (Å²) in [7, 11) is -1.88. The molecule has 0 fully saturated rings. The molecule has 0 aromatic heterocycles. The Morgan fingerprint density at radius 3 is 2.28 bits per heavy atom. The number of rotatable bonds is 3. The molecule has 92 valence electrons. The minimum atomic E-state index is -1.88. The lowest BCUT2D eigenvalue weighted by Gasteiger charge is -2.07. The zero-order valence-electron chi connectivity index (χ0n) is 9.18. The van der Waals surface area contributed by atoms with Crippen molar-refractivity contribution in [1.29, 1.82) is 0 Å². The van der Waals surface area contributed by atoms with Gasteiger partial charge in [0.2, 0.25) is 0 Å². The second-order valence-electron chi connectivity index (χ2n) is 3.62. The van der Waals surface area contributed by atoms with Crippen molar-refractivity contribution in [1.82, 2.24) is 0 Å². The molecule has 2 aromatic carbocycles. The third kappa shape index (κ3) is 2.85. The fourth-order valence-corrected chi connectivity index (χ4v) is 1.45. The van der Waals surface area contributed by atoms with Crippen molar-refractivity contribution >= 4 is 12.6 Å². The lowest BCUT2D eigenvalue weighted by molar-refractivity contribution is 0.422. The number of hydrogen-bond donors (Lipinski definition) is 2. The minimum absolute atomic E-state index is 0.141. The molecule has 2 aromatic rings. The van der Waals surface area contributed by atoms with Gasteiger partial charge >= 0.3 is 7.12 Å². The number of halogens is 2. The Labute approximate surface area is 102 Å². The average Bonchev–Trinajstić information content (AvgIpc) is 2.28. The van der Waals surface area contributed by atoms with Crippen LogP contribution in [-0.4, -0.2) is 17.2 Å². The molecule has 2 rings (SSSR count). The van der Waals surface area contributed by atoms with Crippen LogP contribution in [0.2, 0.25) is 0 Å². The highest BCUT2D eigenvalue weighted by Gasteiger charge is 2.16. The molecule has 0 aliphatic heterocycles. The fourth-order valence-electron chi connectivity index (χ4n) is 1.45. The van der Waals surface area contributed by atoms with Gasteiger partial charge < -0.3 is 14.8 Å². The largest absolute Gasteiger partial charge is 0.491 e. The fraction of sp³-hybridized carbons (Fsp3) is 0. The second-order valence-corrected chi connectivity index (χ2v) is 3.62. The molecule has 0 unspecified atom stereocenters. The van der Waals surface area contributed by atoms with Crippen LogP contribution < -0.4 is 10.2 Å². The van der Waals surface area contributed by atoms with Crippen LogP contribution in [0.4, 0.5) is 8.78 Å². The van der Waals surface area contributed by atoms with Crippen LogP contribution in [0.5, 0.6) is 11.5 Å². The third-order valence-electron chi connectivity index (χ3n) is 2.28. The van der Waals surface area contributed by atoms with Gasteiger partial charge in [0, 0.05) is 17.6 Å². The first kappa shape index (κ1) is 12.5. The molecule has 0 atom stereocenters. The third-order valence-corrected chi connectivity index (χ3v) is 2.28. The summed E-state index contributed by atoms with van der Waals surface area (Å²) in [6, 6.07) is 8.96. The Hall–Kier alpha value is -1.92. The molecule has 0 heterocycles. The van der Waals surface area contributed by atoms with E-state index in [4.69, 9.17) is 14.8 Å². The van der Waals surface area contributed by atoms with E-state index in [0.29, 0.717) is 0 Å². The van der Waals surface area contributed by atoms with E-state index in [1.54, 1.807) is 0 Å². The predicted octanol–water partition coefficient (Wildman–Crippen LogP) is 1.44. The van der Waals surface area contributed by atoms with Crippen LogP contribution >= 0.6 is 0 Å². The molecule has 3 nitrogen and oxygen atoms in total. The molecule has 0 saturated heterocycles. The monoisotopic (exact) mass is 250 g/mol.